The van der Waals surface area contributed by atoms with Crippen molar-refractivity contribution in [2.24, 2.45) is 0 Å². The van der Waals surface area contributed by atoms with Crippen LogP contribution in [0, 0.1) is 0 Å². The van der Waals surface area contributed by atoms with E-state index in [0.29, 0.717) is 18.0 Å². The van der Waals surface area contributed by atoms with Crippen molar-refractivity contribution < 1.29 is 14.3 Å². The summed E-state index contributed by atoms with van der Waals surface area (Å²) < 4.78 is 5.10. The number of nitrogens with two attached hydrogens (primary N) is 1. The van der Waals surface area contributed by atoms with Crippen molar-refractivity contribution in [2.75, 3.05) is 25.4 Å². The number of rotatable bonds is 4. The predicted octanol–water partition coefficient (Wildman–Crippen LogP) is 1.70. The number of amides is 1. The first kappa shape index (κ1) is 13.7. The molecular formula is C13H15ClN2O3. The highest BCUT2D eigenvalue weighted by molar-refractivity contribution is 6.31. The molecule has 19 heavy (non-hydrogen) atoms. The van der Waals surface area contributed by atoms with Crippen LogP contribution in [0.15, 0.2) is 18.2 Å². The van der Waals surface area contributed by atoms with E-state index in [1.165, 1.54) is 12.1 Å². The highest BCUT2D eigenvalue weighted by Gasteiger charge is 2.20. The second kappa shape index (κ2) is 5.93. The average Bonchev–Trinajstić information content (AvgIpc) is 2.75. The third kappa shape index (κ3) is 3.38. The molecular weight excluding hydrogens is 268 g/mol. The average molecular weight is 283 g/mol. The van der Waals surface area contributed by atoms with E-state index in [9.17, 15) is 9.59 Å². The lowest BCUT2D eigenvalue weighted by atomic mass is 10.2. The lowest BCUT2D eigenvalue weighted by Gasteiger charge is -2.15. The van der Waals surface area contributed by atoms with Crippen molar-refractivity contribution in [1.29, 1.82) is 0 Å². The van der Waals surface area contributed by atoms with E-state index in [1.807, 2.05) is 0 Å². The van der Waals surface area contributed by atoms with Gasteiger partial charge in [-0.05, 0) is 24.6 Å². The molecule has 2 N–H and O–H groups in total. The molecule has 1 saturated heterocycles. The van der Waals surface area contributed by atoms with E-state index < -0.39 is 5.97 Å². The van der Waals surface area contributed by atoms with Crippen molar-refractivity contribution in [3.63, 3.8) is 0 Å². The van der Waals surface area contributed by atoms with E-state index in [2.05, 4.69) is 0 Å². The molecule has 0 atom stereocenters. The van der Waals surface area contributed by atoms with Crippen molar-refractivity contribution in [3.8, 4) is 0 Å². The molecule has 0 unspecified atom stereocenters. The smallest absolute Gasteiger partial charge is 0.340 e. The van der Waals surface area contributed by atoms with Gasteiger partial charge in [0, 0.05) is 23.7 Å². The molecule has 2 rings (SSSR count). The Hall–Kier alpha value is -1.75. The van der Waals surface area contributed by atoms with Crippen LogP contribution < -0.4 is 5.73 Å². The Kier molecular flexibility index (Phi) is 4.27. The lowest BCUT2D eigenvalue weighted by molar-refractivity contribution is -0.128. The molecule has 1 aromatic rings. The quantitative estimate of drug-likeness (QED) is 0.674. The first-order valence-electron chi connectivity index (χ1n) is 6.08. The van der Waals surface area contributed by atoms with Gasteiger partial charge in [-0.1, -0.05) is 11.6 Å². The van der Waals surface area contributed by atoms with Gasteiger partial charge in [-0.15, -0.1) is 0 Å². The number of nitrogens with zero attached hydrogens (tertiary/aromatic N) is 1. The molecule has 0 bridgehead atoms. The maximum Gasteiger partial charge on any atom is 0.340 e. The predicted molar refractivity (Wildman–Crippen MR) is 72.0 cm³/mol. The fraction of sp³-hybridized carbons (Fsp3) is 0.385. The molecule has 1 aromatic carbocycles. The highest BCUT2D eigenvalue weighted by Crippen LogP contribution is 2.18. The van der Waals surface area contributed by atoms with Crippen LogP contribution in [0.1, 0.15) is 23.2 Å². The van der Waals surface area contributed by atoms with Crippen molar-refractivity contribution >= 4 is 29.2 Å². The topological polar surface area (TPSA) is 72.6 Å². The molecule has 102 valence electrons. The van der Waals surface area contributed by atoms with Gasteiger partial charge in [0.05, 0.1) is 12.1 Å². The number of ether oxygens (including phenoxy) is 1. The minimum absolute atomic E-state index is 0.113. The Morgan fingerprint density at radius 3 is 2.89 bits per heavy atom. The summed E-state index contributed by atoms with van der Waals surface area (Å²) in [5, 5.41) is 0.469. The molecule has 5 nitrogen and oxygen atoms in total. The van der Waals surface area contributed by atoms with Crippen LogP contribution in [0.25, 0.3) is 0 Å². The standard InChI is InChI=1S/C13H15ClN2O3/c14-9-3-4-10(11(15)8-9)13(18)19-7-6-16-5-1-2-12(16)17/h3-4,8H,1-2,5-7,15H2. The van der Waals surface area contributed by atoms with Gasteiger partial charge in [-0.2, -0.15) is 0 Å². The highest BCUT2D eigenvalue weighted by atomic mass is 35.5. The van der Waals surface area contributed by atoms with E-state index >= 15 is 0 Å². The van der Waals surface area contributed by atoms with Crippen LogP contribution in [-0.2, 0) is 9.53 Å². The van der Waals surface area contributed by atoms with Gasteiger partial charge >= 0.3 is 5.97 Å². The fourth-order valence-electron chi connectivity index (χ4n) is 1.99. The van der Waals surface area contributed by atoms with Crippen molar-refractivity contribution in [3.05, 3.63) is 28.8 Å². The number of carbonyl (C=O) groups is 2. The second-order valence-corrected chi connectivity index (χ2v) is 4.79. The first-order chi connectivity index (χ1) is 9.08. The number of nitrogen functional groups attached to an aromatic ring is 1. The normalized spacial score (nSPS) is 14.8. The maximum atomic E-state index is 11.8. The summed E-state index contributed by atoms with van der Waals surface area (Å²) in [5.41, 5.74) is 6.26. The summed E-state index contributed by atoms with van der Waals surface area (Å²) in [6, 6.07) is 4.61. The monoisotopic (exact) mass is 282 g/mol. The fourth-order valence-corrected chi connectivity index (χ4v) is 2.17. The van der Waals surface area contributed by atoms with Gasteiger partial charge in [0.25, 0.3) is 0 Å². The Bertz CT molecular complexity index is 505. The summed E-state index contributed by atoms with van der Waals surface area (Å²) in [5.74, 6) is -0.386. The van der Waals surface area contributed by atoms with Gasteiger partial charge in [-0.25, -0.2) is 4.79 Å². The largest absolute Gasteiger partial charge is 0.460 e. The summed E-state index contributed by atoms with van der Waals surface area (Å²) in [6.07, 6.45) is 1.45. The minimum atomic E-state index is -0.499. The number of esters is 1. The van der Waals surface area contributed by atoms with E-state index in [1.54, 1.807) is 11.0 Å². The molecule has 0 aliphatic carbocycles. The lowest BCUT2D eigenvalue weighted by Crippen LogP contribution is -2.29. The summed E-state index contributed by atoms with van der Waals surface area (Å²) in [4.78, 5) is 24.8. The number of hydrogen-bond donors (Lipinski definition) is 1. The molecule has 0 saturated carbocycles. The Balaban J connectivity index is 1.85. The van der Waals surface area contributed by atoms with Gasteiger partial charge in [-0.3, -0.25) is 4.79 Å². The minimum Gasteiger partial charge on any atom is -0.460 e. The van der Waals surface area contributed by atoms with Gasteiger partial charge in [0.1, 0.15) is 6.61 Å². The molecule has 0 radical (unpaired) electrons. The summed E-state index contributed by atoms with van der Waals surface area (Å²) in [6.45, 7) is 1.34. The number of hydrogen-bond acceptors (Lipinski definition) is 4. The van der Waals surface area contributed by atoms with Crippen molar-refractivity contribution in [1.82, 2.24) is 4.90 Å². The zero-order valence-electron chi connectivity index (χ0n) is 10.4. The molecule has 0 aromatic heterocycles. The zero-order chi connectivity index (χ0) is 13.8. The third-order valence-electron chi connectivity index (χ3n) is 3.00. The number of halogens is 1. The van der Waals surface area contributed by atoms with Crippen molar-refractivity contribution in [2.45, 2.75) is 12.8 Å². The van der Waals surface area contributed by atoms with E-state index in [4.69, 9.17) is 22.1 Å². The molecule has 1 aliphatic heterocycles. The van der Waals surface area contributed by atoms with Crippen LogP contribution in [0.5, 0.6) is 0 Å². The van der Waals surface area contributed by atoms with Gasteiger partial charge < -0.3 is 15.4 Å². The number of likely N-dealkylation sites (tertiary alicyclic amines) is 1. The number of benzene rings is 1. The Morgan fingerprint density at radius 2 is 2.26 bits per heavy atom. The Labute approximate surface area is 116 Å². The van der Waals surface area contributed by atoms with Crippen LogP contribution in [0.4, 0.5) is 5.69 Å². The van der Waals surface area contributed by atoms with E-state index in [0.717, 1.165) is 13.0 Å². The Morgan fingerprint density at radius 1 is 1.47 bits per heavy atom. The van der Waals surface area contributed by atoms with Crippen LogP contribution in [0.2, 0.25) is 5.02 Å². The number of carbonyl (C=O) groups excluding carboxylic acids is 2. The van der Waals surface area contributed by atoms with Crippen LogP contribution in [0.3, 0.4) is 0 Å². The number of anilines is 1. The molecule has 1 fully saturated rings. The van der Waals surface area contributed by atoms with Crippen LogP contribution >= 0.6 is 11.6 Å². The van der Waals surface area contributed by atoms with Gasteiger partial charge in [0.15, 0.2) is 0 Å². The summed E-state index contributed by atoms with van der Waals surface area (Å²) in [7, 11) is 0. The van der Waals surface area contributed by atoms with E-state index in [-0.39, 0.29) is 23.8 Å². The molecule has 0 spiro atoms. The zero-order valence-corrected chi connectivity index (χ0v) is 11.2. The van der Waals surface area contributed by atoms with Crippen LogP contribution in [-0.4, -0.2) is 36.5 Å². The first-order valence-corrected chi connectivity index (χ1v) is 6.45. The molecule has 1 heterocycles. The maximum absolute atomic E-state index is 11.8. The molecule has 1 amide bonds. The SMILES string of the molecule is Nc1cc(Cl)ccc1C(=O)OCCN1CCCC1=O. The molecule has 1 aliphatic rings. The summed E-state index contributed by atoms with van der Waals surface area (Å²) >= 11 is 5.75. The third-order valence-corrected chi connectivity index (χ3v) is 3.23. The second-order valence-electron chi connectivity index (χ2n) is 4.35. The molecule has 6 heteroatoms. The van der Waals surface area contributed by atoms with Gasteiger partial charge in [0.2, 0.25) is 5.91 Å².